The van der Waals surface area contributed by atoms with Crippen LogP contribution in [0.1, 0.15) is 15.9 Å². The van der Waals surface area contributed by atoms with Gasteiger partial charge >= 0.3 is 12.1 Å². The number of nitrogens with zero attached hydrogens (tertiary/aromatic N) is 1. The molecule has 0 fully saturated rings. The molecule has 0 aliphatic rings. The summed E-state index contributed by atoms with van der Waals surface area (Å²) in [5, 5.41) is 2.86. The van der Waals surface area contributed by atoms with Crippen LogP contribution in [0, 0.1) is 0 Å². The zero-order chi connectivity index (χ0) is 31.2. The van der Waals surface area contributed by atoms with Crippen molar-refractivity contribution in [2.45, 2.75) is 6.18 Å². The molecule has 0 amide bonds. The first-order chi connectivity index (χ1) is 20.8. The monoisotopic (exact) mass is 616 g/mol. The van der Waals surface area contributed by atoms with E-state index in [-0.39, 0.29) is 24.5 Å². The standard InChI is InChI=1S/C30H43F3N2O8/c1-35(2)10-11-37-12-13-38-14-15-39-16-17-40-18-19-41-20-21-42-22-23-43-29(36)27-8-3-4-9-28(27)34-26-7-5-6-25(24-26)30(31,32)33/h3-9,24,34H,10-23H2,1-2H3. The first kappa shape index (κ1) is 36.4. The Morgan fingerprint density at radius 3 is 1.67 bits per heavy atom. The van der Waals surface area contributed by atoms with Crippen molar-refractivity contribution in [3.63, 3.8) is 0 Å². The predicted molar refractivity (Wildman–Crippen MR) is 155 cm³/mol. The van der Waals surface area contributed by atoms with E-state index in [1.165, 1.54) is 18.2 Å². The molecule has 1 N–H and O–H groups in total. The summed E-state index contributed by atoms with van der Waals surface area (Å²) in [5.41, 5.74) is -0.0660. The molecule has 0 spiro atoms. The number of benzene rings is 2. The van der Waals surface area contributed by atoms with Crippen LogP contribution in [0.4, 0.5) is 24.5 Å². The van der Waals surface area contributed by atoms with Gasteiger partial charge < -0.3 is 43.4 Å². The van der Waals surface area contributed by atoms with Crippen LogP contribution in [-0.2, 0) is 39.3 Å². The Morgan fingerprint density at radius 2 is 1.16 bits per heavy atom. The van der Waals surface area contributed by atoms with Gasteiger partial charge in [-0.2, -0.15) is 13.2 Å². The Labute approximate surface area is 251 Å². The molecular weight excluding hydrogens is 573 g/mol. The summed E-state index contributed by atoms with van der Waals surface area (Å²) in [6, 6.07) is 11.2. The number of carbonyl (C=O) groups excluding carboxylic acids is 1. The van der Waals surface area contributed by atoms with Crippen molar-refractivity contribution in [3.8, 4) is 0 Å². The quantitative estimate of drug-likeness (QED) is 0.136. The molecule has 0 radical (unpaired) electrons. The third-order valence-electron chi connectivity index (χ3n) is 5.62. The molecule has 0 bridgehead atoms. The number of rotatable bonds is 24. The number of ether oxygens (including phenoxy) is 7. The fourth-order valence-corrected chi connectivity index (χ4v) is 3.42. The van der Waals surface area contributed by atoms with Crippen LogP contribution in [0.2, 0.25) is 0 Å². The molecule has 0 heterocycles. The number of anilines is 2. The van der Waals surface area contributed by atoms with Crippen LogP contribution in [-0.4, -0.2) is 117 Å². The van der Waals surface area contributed by atoms with Gasteiger partial charge in [0.2, 0.25) is 0 Å². The van der Waals surface area contributed by atoms with Crippen molar-refractivity contribution in [1.29, 1.82) is 0 Å². The molecule has 0 aliphatic heterocycles. The number of alkyl halides is 3. The third kappa shape index (κ3) is 17.2. The van der Waals surface area contributed by atoms with Gasteiger partial charge in [-0.15, -0.1) is 0 Å². The van der Waals surface area contributed by atoms with Gasteiger partial charge in [-0.05, 0) is 44.4 Å². The van der Waals surface area contributed by atoms with Gasteiger partial charge in [0.05, 0.1) is 96.1 Å². The highest BCUT2D eigenvalue weighted by atomic mass is 19.4. The van der Waals surface area contributed by atoms with Gasteiger partial charge in [-0.3, -0.25) is 0 Å². The third-order valence-corrected chi connectivity index (χ3v) is 5.62. The minimum Gasteiger partial charge on any atom is -0.460 e. The molecule has 2 rings (SSSR count). The number of hydrogen-bond donors (Lipinski definition) is 1. The van der Waals surface area contributed by atoms with E-state index in [1.54, 1.807) is 18.2 Å². The fraction of sp³-hybridized carbons (Fsp3) is 0.567. The highest BCUT2D eigenvalue weighted by molar-refractivity contribution is 5.96. The summed E-state index contributed by atoms with van der Waals surface area (Å²) in [6.45, 7) is 6.29. The summed E-state index contributed by atoms with van der Waals surface area (Å²) in [6.07, 6.45) is -4.47. The van der Waals surface area contributed by atoms with Crippen molar-refractivity contribution >= 4 is 17.3 Å². The Bertz CT molecular complexity index is 1030. The van der Waals surface area contributed by atoms with E-state index >= 15 is 0 Å². The number of para-hydroxylation sites is 1. The van der Waals surface area contributed by atoms with Gasteiger partial charge in [-0.25, -0.2) is 4.79 Å². The second-order valence-corrected chi connectivity index (χ2v) is 9.36. The van der Waals surface area contributed by atoms with Crippen LogP contribution in [0.3, 0.4) is 0 Å². The lowest BCUT2D eigenvalue weighted by Crippen LogP contribution is -2.19. The first-order valence-corrected chi connectivity index (χ1v) is 14.1. The largest absolute Gasteiger partial charge is 0.460 e. The molecule has 0 aliphatic carbocycles. The van der Waals surface area contributed by atoms with Crippen LogP contribution in [0.15, 0.2) is 48.5 Å². The first-order valence-electron chi connectivity index (χ1n) is 14.1. The van der Waals surface area contributed by atoms with Crippen molar-refractivity contribution in [2.75, 3.05) is 112 Å². The van der Waals surface area contributed by atoms with Crippen LogP contribution >= 0.6 is 0 Å². The Morgan fingerprint density at radius 1 is 0.674 bits per heavy atom. The molecule has 10 nitrogen and oxygen atoms in total. The van der Waals surface area contributed by atoms with E-state index in [0.717, 1.165) is 18.7 Å². The average molecular weight is 617 g/mol. The molecule has 43 heavy (non-hydrogen) atoms. The number of carbonyl (C=O) groups is 1. The van der Waals surface area contributed by atoms with Gasteiger partial charge in [0.25, 0.3) is 0 Å². The summed E-state index contributed by atoms with van der Waals surface area (Å²) >= 11 is 0. The minimum absolute atomic E-state index is 0.00936. The number of hydrogen-bond acceptors (Lipinski definition) is 10. The predicted octanol–water partition coefficient (Wildman–Crippen LogP) is 4.27. The summed E-state index contributed by atoms with van der Waals surface area (Å²) in [7, 11) is 4.00. The number of nitrogens with one attached hydrogen (secondary N) is 1. The molecule has 13 heteroatoms. The molecule has 0 saturated heterocycles. The molecule has 2 aromatic carbocycles. The molecule has 0 saturated carbocycles. The zero-order valence-corrected chi connectivity index (χ0v) is 24.9. The lowest BCUT2D eigenvalue weighted by Gasteiger charge is -2.13. The molecule has 2 aromatic rings. The highest BCUT2D eigenvalue weighted by Gasteiger charge is 2.30. The van der Waals surface area contributed by atoms with Crippen molar-refractivity contribution in [1.82, 2.24) is 4.90 Å². The SMILES string of the molecule is CN(C)CCOCCOCCOCCOCCOCCOCCOC(=O)c1ccccc1Nc1cccc(C(F)(F)F)c1. The molecule has 0 unspecified atom stereocenters. The number of halogens is 3. The maximum atomic E-state index is 13.0. The maximum Gasteiger partial charge on any atom is 0.416 e. The van der Waals surface area contributed by atoms with Crippen LogP contribution in [0.25, 0.3) is 0 Å². The minimum atomic E-state index is -4.47. The number of likely N-dealkylation sites (N-methyl/N-ethyl adjacent to an activating group) is 1. The van der Waals surface area contributed by atoms with Gasteiger partial charge in [-0.1, -0.05) is 18.2 Å². The molecule has 0 atom stereocenters. The Balaban J connectivity index is 1.44. The smallest absolute Gasteiger partial charge is 0.416 e. The van der Waals surface area contributed by atoms with E-state index in [4.69, 9.17) is 33.2 Å². The normalized spacial score (nSPS) is 11.7. The lowest BCUT2D eigenvalue weighted by molar-refractivity contribution is -0.137. The van der Waals surface area contributed by atoms with Gasteiger partial charge in [0.1, 0.15) is 6.61 Å². The van der Waals surface area contributed by atoms with Crippen LogP contribution in [0.5, 0.6) is 0 Å². The van der Waals surface area contributed by atoms with Crippen LogP contribution < -0.4 is 5.32 Å². The summed E-state index contributed by atoms with van der Waals surface area (Å²) in [4.78, 5) is 14.6. The topological polar surface area (TPSA) is 97.0 Å². The van der Waals surface area contributed by atoms with E-state index in [2.05, 4.69) is 10.2 Å². The van der Waals surface area contributed by atoms with E-state index < -0.39 is 17.7 Å². The van der Waals surface area contributed by atoms with E-state index in [0.29, 0.717) is 78.4 Å². The maximum absolute atomic E-state index is 13.0. The van der Waals surface area contributed by atoms with Gasteiger partial charge in [0, 0.05) is 12.2 Å². The van der Waals surface area contributed by atoms with Crippen molar-refractivity contribution in [3.05, 3.63) is 59.7 Å². The summed E-state index contributed by atoms with van der Waals surface area (Å²) < 4.78 is 76.8. The molecule has 242 valence electrons. The van der Waals surface area contributed by atoms with E-state index in [1.807, 2.05) is 14.1 Å². The van der Waals surface area contributed by atoms with Crippen molar-refractivity contribution < 1.29 is 51.1 Å². The molecular formula is C30H43F3N2O8. The van der Waals surface area contributed by atoms with Gasteiger partial charge in [0.15, 0.2) is 0 Å². The summed E-state index contributed by atoms with van der Waals surface area (Å²) in [5.74, 6) is -0.621. The Hall–Kier alpha value is -2.78. The average Bonchev–Trinajstić information content (AvgIpc) is 2.97. The molecule has 0 aromatic heterocycles. The highest BCUT2D eigenvalue weighted by Crippen LogP contribution is 2.32. The zero-order valence-electron chi connectivity index (χ0n) is 24.9. The van der Waals surface area contributed by atoms with Crippen molar-refractivity contribution in [2.24, 2.45) is 0 Å². The van der Waals surface area contributed by atoms with E-state index in [9.17, 15) is 18.0 Å². The Kier molecular flexibility index (Phi) is 18.5. The second kappa shape index (κ2) is 21.8. The second-order valence-electron chi connectivity index (χ2n) is 9.36. The fourth-order valence-electron chi connectivity index (χ4n) is 3.42. The lowest BCUT2D eigenvalue weighted by atomic mass is 10.1. The number of esters is 1.